The van der Waals surface area contributed by atoms with Crippen LogP contribution in [-0.4, -0.2) is 12.5 Å². The number of nitrogens with one attached hydrogen (secondary N) is 2. The molecule has 0 atom stereocenters. The summed E-state index contributed by atoms with van der Waals surface area (Å²) in [6.45, 7) is 0.670. The van der Waals surface area contributed by atoms with Crippen molar-refractivity contribution in [2.75, 3.05) is 11.9 Å². The lowest BCUT2D eigenvalue weighted by molar-refractivity contribution is -0.119. The fourth-order valence-corrected chi connectivity index (χ4v) is 1.89. The Bertz CT molecular complexity index is 659. The Morgan fingerprint density at radius 1 is 1.19 bits per heavy atom. The number of hydrogen-bond acceptors (Lipinski definition) is 2. The SMILES string of the molecule is C#Cc1cccc(NCC(=O)NCc2ccc(Cl)cc2)c1. The van der Waals surface area contributed by atoms with Gasteiger partial charge in [0.25, 0.3) is 0 Å². The summed E-state index contributed by atoms with van der Waals surface area (Å²) in [5.41, 5.74) is 2.61. The number of terminal acetylenes is 1. The van der Waals surface area contributed by atoms with E-state index in [-0.39, 0.29) is 12.5 Å². The van der Waals surface area contributed by atoms with Gasteiger partial charge in [0.15, 0.2) is 0 Å². The van der Waals surface area contributed by atoms with E-state index in [4.69, 9.17) is 18.0 Å². The van der Waals surface area contributed by atoms with E-state index >= 15 is 0 Å². The fourth-order valence-electron chi connectivity index (χ4n) is 1.77. The fraction of sp³-hybridized carbons (Fsp3) is 0.118. The lowest BCUT2D eigenvalue weighted by atomic mass is 10.2. The lowest BCUT2D eigenvalue weighted by Crippen LogP contribution is -2.29. The first-order valence-electron chi connectivity index (χ1n) is 6.49. The van der Waals surface area contributed by atoms with Gasteiger partial charge < -0.3 is 10.6 Å². The van der Waals surface area contributed by atoms with Crippen molar-refractivity contribution in [2.45, 2.75) is 6.54 Å². The van der Waals surface area contributed by atoms with Crippen LogP contribution >= 0.6 is 11.6 Å². The molecule has 0 radical (unpaired) electrons. The second-order valence-electron chi connectivity index (χ2n) is 4.48. The van der Waals surface area contributed by atoms with Crippen LogP contribution in [0.4, 0.5) is 5.69 Å². The molecule has 0 aliphatic rings. The second kappa shape index (κ2) is 7.37. The highest BCUT2D eigenvalue weighted by Crippen LogP contribution is 2.10. The van der Waals surface area contributed by atoms with Crippen molar-refractivity contribution >= 4 is 23.2 Å². The highest BCUT2D eigenvalue weighted by Gasteiger charge is 2.02. The summed E-state index contributed by atoms with van der Waals surface area (Å²) in [6, 6.07) is 14.7. The first kappa shape index (κ1) is 15.0. The van der Waals surface area contributed by atoms with Crippen molar-refractivity contribution in [3.63, 3.8) is 0 Å². The average Bonchev–Trinajstić information content (AvgIpc) is 2.52. The van der Waals surface area contributed by atoms with Crippen molar-refractivity contribution in [3.8, 4) is 12.3 Å². The Morgan fingerprint density at radius 3 is 2.67 bits per heavy atom. The van der Waals surface area contributed by atoms with Gasteiger partial charge in [0.2, 0.25) is 5.91 Å². The number of hydrogen-bond donors (Lipinski definition) is 2. The topological polar surface area (TPSA) is 41.1 Å². The molecule has 1 amide bonds. The first-order valence-corrected chi connectivity index (χ1v) is 6.87. The van der Waals surface area contributed by atoms with Crippen molar-refractivity contribution in [3.05, 3.63) is 64.7 Å². The highest BCUT2D eigenvalue weighted by molar-refractivity contribution is 6.30. The predicted octanol–water partition coefficient (Wildman–Crippen LogP) is 3.05. The van der Waals surface area contributed by atoms with Crippen LogP contribution < -0.4 is 10.6 Å². The lowest BCUT2D eigenvalue weighted by Gasteiger charge is -2.08. The van der Waals surface area contributed by atoms with Crippen LogP contribution in [0.2, 0.25) is 5.02 Å². The van der Waals surface area contributed by atoms with Crippen molar-refractivity contribution < 1.29 is 4.79 Å². The predicted molar refractivity (Wildman–Crippen MR) is 86.2 cm³/mol. The van der Waals surface area contributed by atoms with Gasteiger partial charge in [0.1, 0.15) is 0 Å². The molecule has 0 bridgehead atoms. The number of halogens is 1. The number of carbonyl (C=O) groups excluding carboxylic acids is 1. The summed E-state index contributed by atoms with van der Waals surface area (Å²) in [6.07, 6.45) is 5.33. The quantitative estimate of drug-likeness (QED) is 0.833. The van der Waals surface area contributed by atoms with Gasteiger partial charge >= 0.3 is 0 Å². The number of carbonyl (C=O) groups is 1. The Kier molecular flexibility index (Phi) is 5.25. The van der Waals surface area contributed by atoms with Crippen LogP contribution in [0.3, 0.4) is 0 Å². The van der Waals surface area contributed by atoms with Crippen LogP contribution in [0.1, 0.15) is 11.1 Å². The molecule has 21 heavy (non-hydrogen) atoms. The Morgan fingerprint density at radius 2 is 1.95 bits per heavy atom. The van der Waals surface area contributed by atoms with E-state index in [0.29, 0.717) is 11.6 Å². The standard InChI is InChI=1S/C17H15ClN2O/c1-2-13-4-3-5-16(10-13)19-12-17(21)20-11-14-6-8-15(18)9-7-14/h1,3-10,19H,11-12H2,(H,20,21). The summed E-state index contributed by atoms with van der Waals surface area (Å²) < 4.78 is 0. The Balaban J connectivity index is 1.79. The minimum atomic E-state index is -0.0870. The average molecular weight is 299 g/mol. The van der Waals surface area contributed by atoms with Gasteiger partial charge in [0, 0.05) is 22.8 Å². The molecule has 2 N–H and O–H groups in total. The van der Waals surface area contributed by atoms with E-state index in [1.54, 1.807) is 12.1 Å². The molecule has 0 aliphatic heterocycles. The van der Waals surface area contributed by atoms with Crippen LogP contribution in [0.5, 0.6) is 0 Å². The van der Waals surface area contributed by atoms with Crippen LogP contribution in [0.25, 0.3) is 0 Å². The van der Waals surface area contributed by atoms with E-state index < -0.39 is 0 Å². The largest absolute Gasteiger partial charge is 0.376 e. The first-order chi connectivity index (χ1) is 10.2. The van der Waals surface area contributed by atoms with Gasteiger partial charge in [0.05, 0.1) is 6.54 Å². The van der Waals surface area contributed by atoms with Gasteiger partial charge in [-0.05, 0) is 35.9 Å². The third kappa shape index (κ3) is 4.87. The summed E-state index contributed by atoms with van der Waals surface area (Å²) in [7, 11) is 0. The van der Waals surface area contributed by atoms with Gasteiger partial charge in [-0.15, -0.1) is 6.42 Å². The van der Waals surface area contributed by atoms with Crippen LogP contribution in [0.15, 0.2) is 48.5 Å². The van der Waals surface area contributed by atoms with Crippen molar-refractivity contribution in [1.82, 2.24) is 5.32 Å². The highest BCUT2D eigenvalue weighted by atomic mass is 35.5. The minimum Gasteiger partial charge on any atom is -0.376 e. The summed E-state index contributed by atoms with van der Waals surface area (Å²) in [5.74, 6) is 2.47. The molecule has 0 saturated carbocycles. The molecular formula is C17H15ClN2O. The second-order valence-corrected chi connectivity index (χ2v) is 4.92. The van der Waals surface area contributed by atoms with E-state index in [2.05, 4.69) is 16.6 Å². The smallest absolute Gasteiger partial charge is 0.239 e. The molecule has 0 unspecified atom stereocenters. The van der Waals surface area contributed by atoms with E-state index in [1.807, 2.05) is 36.4 Å². The molecule has 0 heterocycles. The molecule has 106 valence electrons. The van der Waals surface area contributed by atoms with Gasteiger partial charge in [-0.3, -0.25) is 4.79 Å². The number of anilines is 1. The molecule has 0 aromatic heterocycles. The summed E-state index contributed by atoms with van der Waals surface area (Å²) in [5, 5.41) is 6.55. The number of rotatable bonds is 5. The summed E-state index contributed by atoms with van der Waals surface area (Å²) >= 11 is 5.81. The van der Waals surface area contributed by atoms with E-state index in [1.165, 1.54) is 0 Å². The van der Waals surface area contributed by atoms with Gasteiger partial charge in [-0.25, -0.2) is 0 Å². The monoisotopic (exact) mass is 298 g/mol. The van der Waals surface area contributed by atoms with E-state index in [9.17, 15) is 4.79 Å². The molecule has 3 nitrogen and oxygen atoms in total. The van der Waals surface area contributed by atoms with Crippen LogP contribution in [0, 0.1) is 12.3 Å². The molecule has 0 saturated heterocycles. The van der Waals surface area contributed by atoms with Crippen LogP contribution in [-0.2, 0) is 11.3 Å². The maximum Gasteiger partial charge on any atom is 0.239 e. The summed E-state index contributed by atoms with van der Waals surface area (Å²) in [4.78, 5) is 11.8. The van der Waals surface area contributed by atoms with Gasteiger partial charge in [-0.2, -0.15) is 0 Å². The molecule has 2 rings (SSSR count). The minimum absolute atomic E-state index is 0.0870. The molecule has 2 aromatic carbocycles. The Hall–Kier alpha value is -2.44. The molecule has 0 spiro atoms. The third-order valence-corrected chi connectivity index (χ3v) is 3.14. The van der Waals surface area contributed by atoms with Gasteiger partial charge in [-0.1, -0.05) is 35.7 Å². The third-order valence-electron chi connectivity index (χ3n) is 2.89. The normalized spacial score (nSPS) is 9.71. The number of benzene rings is 2. The molecular weight excluding hydrogens is 284 g/mol. The maximum atomic E-state index is 11.8. The van der Waals surface area contributed by atoms with Crippen molar-refractivity contribution in [2.24, 2.45) is 0 Å². The Labute approximate surface area is 129 Å². The molecule has 4 heteroatoms. The maximum absolute atomic E-state index is 11.8. The number of amides is 1. The molecule has 0 aliphatic carbocycles. The zero-order valence-corrected chi connectivity index (χ0v) is 12.2. The van der Waals surface area contributed by atoms with E-state index in [0.717, 1.165) is 16.8 Å². The van der Waals surface area contributed by atoms with Crippen molar-refractivity contribution in [1.29, 1.82) is 0 Å². The molecule has 0 fully saturated rings. The zero-order valence-electron chi connectivity index (χ0n) is 11.4. The zero-order chi connectivity index (χ0) is 15.1. The molecule has 2 aromatic rings.